The number of nitrogens with zero attached hydrogens (tertiary/aromatic N) is 2. The van der Waals surface area contributed by atoms with Crippen molar-refractivity contribution in [2.24, 2.45) is 0 Å². The third-order valence-corrected chi connectivity index (χ3v) is 12.2. The smallest absolute Gasteiger partial charge is 0.143 e. The number of para-hydroxylation sites is 2. The molecule has 0 atom stereocenters. The number of anilines is 3. The van der Waals surface area contributed by atoms with Crippen LogP contribution in [0, 0.1) is 0 Å². The SMILES string of the molecule is c1ccc(-c2cccc(-c3ccc(N(c4ccc(-c5cccc6oc7c8ccccc8ccc7c56)cc4)c4ccc(-n5c6ccccc6c6ccccc65)cc4)cc3)c2)cc1. The molecule has 2 heterocycles. The Morgan fingerprint density at radius 3 is 1.54 bits per heavy atom. The Balaban J connectivity index is 0.956. The van der Waals surface area contributed by atoms with Gasteiger partial charge in [-0.3, -0.25) is 0 Å². The summed E-state index contributed by atoms with van der Waals surface area (Å²) in [5, 5.41) is 7.09. The molecular weight excluding hydrogens is 741 g/mol. The lowest BCUT2D eigenvalue weighted by Crippen LogP contribution is -2.10. The van der Waals surface area contributed by atoms with Crippen molar-refractivity contribution in [2.75, 3.05) is 4.90 Å². The van der Waals surface area contributed by atoms with Crippen LogP contribution in [0.4, 0.5) is 17.1 Å². The van der Waals surface area contributed by atoms with Crippen molar-refractivity contribution in [3.63, 3.8) is 0 Å². The third-order valence-electron chi connectivity index (χ3n) is 12.2. The van der Waals surface area contributed by atoms with Crippen molar-refractivity contribution in [1.29, 1.82) is 0 Å². The van der Waals surface area contributed by atoms with E-state index in [0.29, 0.717) is 0 Å². The van der Waals surface area contributed by atoms with Gasteiger partial charge in [-0.05, 0) is 118 Å². The van der Waals surface area contributed by atoms with Crippen LogP contribution in [0.15, 0.2) is 235 Å². The Labute approximate surface area is 353 Å². The zero-order chi connectivity index (χ0) is 40.3. The van der Waals surface area contributed by atoms with Crippen LogP contribution in [0.2, 0.25) is 0 Å². The first kappa shape index (κ1) is 34.9. The molecule has 0 aliphatic carbocycles. The molecular formula is C58H38N2O. The van der Waals surface area contributed by atoms with Gasteiger partial charge in [0.15, 0.2) is 0 Å². The average Bonchev–Trinajstić information content (AvgIpc) is 3.89. The fourth-order valence-corrected chi connectivity index (χ4v) is 9.29. The molecule has 2 aromatic heterocycles. The molecule has 12 aromatic rings. The van der Waals surface area contributed by atoms with Crippen LogP contribution in [0.25, 0.3) is 93.6 Å². The average molecular weight is 779 g/mol. The van der Waals surface area contributed by atoms with E-state index >= 15 is 0 Å². The largest absolute Gasteiger partial charge is 0.455 e. The first-order valence-electron chi connectivity index (χ1n) is 20.8. The third kappa shape index (κ3) is 5.90. The molecule has 0 aliphatic heterocycles. The molecule has 0 amide bonds. The zero-order valence-electron chi connectivity index (χ0n) is 33.2. The van der Waals surface area contributed by atoms with E-state index in [-0.39, 0.29) is 0 Å². The summed E-state index contributed by atoms with van der Waals surface area (Å²) >= 11 is 0. The first-order chi connectivity index (χ1) is 30.2. The number of aromatic nitrogens is 1. The molecule has 0 unspecified atom stereocenters. The van der Waals surface area contributed by atoms with Crippen molar-refractivity contribution in [3.8, 4) is 39.1 Å². The number of fused-ring (bicyclic) bond motifs is 8. The van der Waals surface area contributed by atoms with Crippen LogP contribution in [-0.4, -0.2) is 4.57 Å². The van der Waals surface area contributed by atoms with Crippen LogP contribution >= 0.6 is 0 Å². The zero-order valence-corrected chi connectivity index (χ0v) is 33.2. The summed E-state index contributed by atoms with van der Waals surface area (Å²) in [5.74, 6) is 0. The highest BCUT2D eigenvalue weighted by Crippen LogP contribution is 2.42. The Kier molecular flexibility index (Phi) is 8.17. The monoisotopic (exact) mass is 778 g/mol. The van der Waals surface area contributed by atoms with Gasteiger partial charge in [0.25, 0.3) is 0 Å². The van der Waals surface area contributed by atoms with E-state index in [1.165, 1.54) is 49.4 Å². The second kappa shape index (κ2) is 14.3. The summed E-state index contributed by atoms with van der Waals surface area (Å²) in [7, 11) is 0. The van der Waals surface area contributed by atoms with Gasteiger partial charge in [-0.15, -0.1) is 0 Å². The van der Waals surface area contributed by atoms with Crippen molar-refractivity contribution >= 4 is 71.6 Å². The van der Waals surface area contributed by atoms with Crippen molar-refractivity contribution < 1.29 is 4.42 Å². The maximum Gasteiger partial charge on any atom is 0.143 e. The fraction of sp³-hybridized carbons (Fsp3) is 0. The van der Waals surface area contributed by atoms with Gasteiger partial charge < -0.3 is 13.9 Å². The van der Waals surface area contributed by atoms with Crippen LogP contribution in [0.1, 0.15) is 0 Å². The number of hydrogen-bond donors (Lipinski definition) is 0. The summed E-state index contributed by atoms with van der Waals surface area (Å²) in [5.41, 5.74) is 15.7. The molecule has 61 heavy (non-hydrogen) atoms. The molecule has 0 bridgehead atoms. The predicted molar refractivity (Wildman–Crippen MR) is 257 cm³/mol. The highest BCUT2D eigenvalue weighted by Gasteiger charge is 2.18. The molecule has 0 fully saturated rings. The van der Waals surface area contributed by atoms with E-state index in [0.717, 1.165) is 61.2 Å². The normalized spacial score (nSPS) is 11.6. The lowest BCUT2D eigenvalue weighted by Gasteiger charge is -2.26. The topological polar surface area (TPSA) is 21.3 Å². The summed E-state index contributed by atoms with van der Waals surface area (Å²) in [6, 6.07) is 82.8. The molecule has 10 aromatic carbocycles. The van der Waals surface area contributed by atoms with Gasteiger partial charge in [-0.25, -0.2) is 0 Å². The minimum Gasteiger partial charge on any atom is -0.455 e. The van der Waals surface area contributed by atoms with Gasteiger partial charge >= 0.3 is 0 Å². The molecule has 286 valence electrons. The first-order valence-corrected chi connectivity index (χ1v) is 20.8. The highest BCUT2D eigenvalue weighted by molar-refractivity contribution is 6.19. The molecule has 0 saturated heterocycles. The Hall–Kier alpha value is -8.14. The molecule has 3 nitrogen and oxygen atoms in total. The number of benzene rings is 10. The molecule has 12 rings (SSSR count). The quantitative estimate of drug-likeness (QED) is 0.161. The summed E-state index contributed by atoms with van der Waals surface area (Å²) < 4.78 is 8.92. The van der Waals surface area contributed by atoms with Gasteiger partial charge in [0.2, 0.25) is 0 Å². The van der Waals surface area contributed by atoms with Crippen molar-refractivity contribution in [3.05, 3.63) is 231 Å². The summed E-state index contributed by atoms with van der Waals surface area (Å²) in [6.07, 6.45) is 0. The standard InChI is InChI=1S/C58H38N2O/c1-2-12-39(13-3-1)43-15-10-16-44(38-43)40-24-29-45(30-25-40)59(47-33-35-48(36-34-47)60-54-21-8-6-18-51(54)52-19-7-9-22-55(52)60)46-31-26-42(27-32-46)49-20-11-23-56-57(49)53-37-28-41-14-4-5-17-50(41)58(53)61-56/h1-38H. The number of furan rings is 1. The lowest BCUT2D eigenvalue weighted by atomic mass is 9.97. The van der Waals surface area contributed by atoms with E-state index in [9.17, 15) is 0 Å². The second-order valence-electron chi connectivity index (χ2n) is 15.7. The number of hydrogen-bond acceptors (Lipinski definition) is 2. The molecule has 0 aliphatic rings. The van der Waals surface area contributed by atoms with E-state index in [2.05, 4.69) is 240 Å². The molecule has 3 heteroatoms. The molecule has 0 spiro atoms. The molecule has 0 radical (unpaired) electrons. The number of rotatable bonds is 7. The fourth-order valence-electron chi connectivity index (χ4n) is 9.29. The summed E-state index contributed by atoms with van der Waals surface area (Å²) in [6.45, 7) is 0. The van der Waals surface area contributed by atoms with Gasteiger partial charge in [-0.1, -0.05) is 152 Å². The second-order valence-corrected chi connectivity index (χ2v) is 15.7. The van der Waals surface area contributed by atoms with Gasteiger partial charge in [-0.2, -0.15) is 0 Å². The van der Waals surface area contributed by atoms with E-state index in [1.807, 2.05) is 0 Å². The van der Waals surface area contributed by atoms with Crippen LogP contribution in [-0.2, 0) is 0 Å². The maximum absolute atomic E-state index is 6.55. The predicted octanol–water partition coefficient (Wildman–Crippen LogP) is 16.3. The van der Waals surface area contributed by atoms with Crippen molar-refractivity contribution in [1.82, 2.24) is 4.57 Å². The Morgan fingerprint density at radius 1 is 0.344 bits per heavy atom. The minimum atomic E-state index is 0.896. The highest BCUT2D eigenvalue weighted by atomic mass is 16.3. The van der Waals surface area contributed by atoms with E-state index in [1.54, 1.807) is 0 Å². The van der Waals surface area contributed by atoms with Crippen LogP contribution < -0.4 is 4.90 Å². The molecule has 0 saturated carbocycles. The van der Waals surface area contributed by atoms with E-state index in [4.69, 9.17) is 4.42 Å². The Bertz CT molecular complexity index is 3510. The maximum atomic E-state index is 6.55. The van der Waals surface area contributed by atoms with Gasteiger partial charge in [0.05, 0.1) is 11.0 Å². The lowest BCUT2D eigenvalue weighted by molar-refractivity contribution is 0.673. The van der Waals surface area contributed by atoms with Crippen LogP contribution in [0.3, 0.4) is 0 Å². The van der Waals surface area contributed by atoms with Crippen molar-refractivity contribution in [2.45, 2.75) is 0 Å². The van der Waals surface area contributed by atoms with Crippen LogP contribution in [0.5, 0.6) is 0 Å². The minimum absolute atomic E-state index is 0.896. The van der Waals surface area contributed by atoms with Gasteiger partial charge in [0.1, 0.15) is 11.2 Å². The Morgan fingerprint density at radius 2 is 0.869 bits per heavy atom. The van der Waals surface area contributed by atoms with Gasteiger partial charge in [0, 0.05) is 49.7 Å². The summed E-state index contributed by atoms with van der Waals surface area (Å²) in [4.78, 5) is 2.35. The molecule has 0 N–H and O–H groups in total. The van der Waals surface area contributed by atoms with E-state index < -0.39 is 0 Å².